The molecule has 1 aromatic rings. The van der Waals surface area contributed by atoms with Crippen LogP contribution in [0.3, 0.4) is 0 Å². The molecular formula is C16H28FN3S. The van der Waals surface area contributed by atoms with Gasteiger partial charge >= 0.3 is 0 Å². The molecule has 0 amide bonds. The zero-order valence-electron chi connectivity index (χ0n) is 13.8. The first-order valence-corrected chi connectivity index (χ1v) is 8.90. The molecule has 1 rings (SSSR count). The topological polar surface area (TPSA) is 28.2 Å². The van der Waals surface area contributed by atoms with Gasteiger partial charge in [-0.1, -0.05) is 13.8 Å². The van der Waals surface area contributed by atoms with E-state index in [-0.39, 0.29) is 11.9 Å². The SMILES string of the molecule is CCC(CSC)N(C)CC(C)C(NC)c1ccc(F)cn1. The van der Waals surface area contributed by atoms with E-state index in [1.54, 1.807) is 6.07 Å². The molecule has 0 radical (unpaired) electrons. The minimum absolute atomic E-state index is 0.139. The predicted octanol–water partition coefficient (Wildman–Crippen LogP) is 3.19. The maximum absolute atomic E-state index is 13.0. The van der Waals surface area contributed by atoms with E-state index in [9.17, 15) is 4.39 Å². The predicted molar refractivity (Wildman–Crippen MR) is 90.3 cm³/mol. The molecule has 0 bridgehead atoms. The van der Waals surface area contributed by atoms with E-state index < -0.39 is 0 Å². The number of thioether (sulfide) groups is 1. The van der Waals surface area contributed by atoms with Gasteiger partial charge in [-0.2, -0.15) is 11.8 Å². The van der Waals surface area contributed by atoms with Gasteiger partial charge < -0.3 is 10.2 Å². The minimum atomic E-state index is -0.288. The first kappa shape index (κ1) is 18.4. The van der Waals surface area contributed by atoms with Crippen LogP contribution in [0.25, 0.3) is 0 Å². The van der Waals surface area contributed by atoms with Crippen molar-refractivity contribution in [1.82, 2.24) is 15.2 Å². The van der Waals surface area contributed by atoms with E-state index in [2.05, 4.69) is 42.4 Å². The molecule has 0 aliphatic rings. The summed E-state index contributed by atoms with van der Waals surface area (Å²) in [6.45, 7) is 5.44. The van der Waals surface area contributed by atoms with Gasteiger partial charge in [-0.3, -0.25) is 4.98 Å². The smallest absolute Gasteiger partial charge is 0.141 e. The molecule has 0 aromatic carbocycles. The van der Waals surface area contributed by atoms with Gasteiger partial charge in [0.1, 0.15) is 5.82 Å². The van der Waals surface area contributed by atoms with Crippen LogP contribution in [0.15, 0.2) is 18.3 Å². The van der Waals surface area contributed by atoms with Crippen molar-refractivity contribution >= 4 is 11.8 Å². The number of hydrogen-bond donors (Lipinski definition) is 1. The number of aromatic nitrogens is 1. The highest BCUT2D eigenvalue weighted by molar-refractivity contribution is 7.98. The van der Waals surface area contributed by atoms with E-state index >= 15 is 0 Å². The fourth-order valence-electron chi connectivity index (χ4n) is 2.75. The Labute approximate surface area is 132 Å². The summed E-state index contributed by atoms with van der Waals surface area (Å²) in [6.07, 6.45) is 4.60. The molecule has 21 heavy (non-hydrogen) atoms. The molecule has 0 aliphatic carbocycles. The monoisotopic (exact) mass is 313 g/mol. The van der Waals surface area contributed by atoms with Crippen molar-refractivity contribution in [2.45, 2.75) is 32.4 Å². The second kappa shape index (κ2) is 9.38. The van der Waals surface area contributed by atoms with Crippen LogP contribution in [0.4, 0.5) is 4.39 Å². The van der Waals surface area contributed by atoms with Gasteiger partial charge in [0.25, 0.3) is 0 Å². The van der Waals surface area contributed by atoms with Crippen LogP contribution in [-0.2, 0) is 0 Å². The average Bonchev–Trinajstić information content (AvgIpc) is 2.47. The third-order valence-corrected chi connectivity index (χ3v) is 4.70. The van der Waals surface area contributed by atoms with Crippen LogP contribution in [0.1, 0.15) is 32.0 Å². The molecule has 120 valence electrons. The van der Waals surface area contributed by atoms with Crippen LogP contribution in [0, 0.1) is 11.7 Å². The van der Waals surface area contributed by atoms with E-state index in [0.717, 1.165) is 24.4 Å². The van der Waals surface area contributed by atoms with Crippen molar-refractivity contribution in [3.05, 3.63) is 29.8 Å². The maximum Gasteiger partial charge on any atom is 0.141 e. The second-order valence-electron chi connectivity index (χ2n) is 5.60. The van der Waals surface area contributed by atoms with Crippen molar-refractivity contribution in [1.29, 1.82) is 0 Å². The number of pyridine rings is 1. The third kappa shape index (κ3) is 5.57. The van der Waals surface area contributed by atoms with Crippen LogP contribution in [0.5, 0.6) is 0 Å². The molecule has 1 heterocycles. The van der Waals surface area contributed by atoms with Gasteiger partial charge in [0.05, 0.1) is 17.9 Å². The third-order valence-electron chi connectivity index (χ3n) is 3.98. The standard InChI is InChI=1S/C16H28FN3S/c1-6-14(11-21-5)20(4)10-12(2)16(18-3)15-8-7-13(17)9-19-15/h7-9,12,14,16,18H,6,10-11H2,1-5H3. The Morgan fingerprint density at radius 3 is 2.62 bits per heavy atom. The lowest BCUT2D eigenvalue weighted by molar-refractivity contribution is 0.200. The minimum Gasteiger partial charge on any atom is -0.311 e. The van der Waals surface area contributed by atoms with Gasteiger partial charge in [-0.15, -0.1) is 0 Å². The van der Waals surface area contributed by atoms with Crippen molar-refractivity contribution in [3.8, 4) is 0 Å². The average molecular weight is 313 g/mol. The Kier molecular flexibility index (Phi) is 8.22. The molecule has 0 saturated carbocycles. The van der Waals surface area contributed by atoms with Gasteiger partial charge in [0.2, 0.25) is 0 Å². The molecule has 5 heteroatoms. The highest BCUT2D eigenvalue weighted by atomic mass is 32.2. The van der Waals surface area contributed by atoms with E-state index in [1.165, 1.54) is 12.3 Å². The van der Waals surface area contributed by atoms with Crippen LogP contribution in [0.2, 0.25) is 0 Å². The number of nitrogens with zero attached hydrogens (tertiary/aromatic N) is 2. The lowest BCUT2D eigenvalue weighted by Crippen LogP contribution is -2.39. The van der Waals surface area contributed by atoms with Crippen molar-refractivity contribution in [3.63, 3.8) is 0 Å². The molecule has 0 spiro atoms. The Hall–Kier alpha value is -0.650. The molecule has 3 atom stereocenters. The fourth-order valence-corrected chi connectivity index (χ4v) is 3.63. The van der Waals surface area contributed by atoms with Crippen molar-refractivity contribution < 1.29 is 4.39 Å². The van der Waals surface area contributed by atoms with Gasteiger partial charge in [0, 0.05) is 18.3 Å². The summed E-state index contributed by atoms with van der Waals surface area (Å²) in [6, 6.07) is 3.98. The van der Waals surface area contributed by atoms with Crippen molar-refractivity contribution in [2.24, 2.45) is 5.92 Å². The Bertz CT molecular complexity index is 399. The lowest BCUT2D eigenvalue weighted by Gasteiger charge is -2.32. The number of rotatable bonds is 9. The van der Waals surface area contributed by atoms with Crippen LogP contribution >= 0.6 is 11.8 Å². The molecule has 3 unspecified atom stereocenters. The van der Waals surface area contributed by atoms with Gasteiger partial charge in [-0.25, -0.2) is 4.39 Å². The van der Waals surface area contributed by atoms with E-state index in [1.807, 2.05) is 18.8 Å². The summed E-state index contributed by atoms with van der Waals surface area (Å²) in [4.78, 5) is 6.64. The molecule has 0 fully saturated rings. The van der Waals surface area contributed by atoms with E-state index in [4.69, 9.17) is 0 Å². The summed E-state index contributed by atoms with van der Waals surface area (Å²) >= 11 is 1.89. The highest BCUT2D eigenvalue weighted by Gasteiger charge is 2.22. The molecule has 3 nitrogen and oxygen atoms in total. The summed E-state index contributed by atoms with van der Waals surface area (Å²) in [5.41, 5.74) is 0.901. The zero-order chi connectivity index (χ0) is 15.8. The highest BCUT2D eigenvalue weighted by Crippen LogP contribution is 2.22. The molecule has 1 N–H and O–H groups in total. The lowest BCUT2D eigenvalue weighted by atomic mass is 9.97. The molecule has 1 aromatic heterocycles. The van der Waals surface area contributed by atoms with Crippen molar-refractivity contribution in [2.75, 3.05) is 32.6 Å². The van der Waals surface area contributed by atoms with Gasteiger partial charge in [-0.05, 0) is 44.8 Å². The van der Waals surface area contributed by atoms with Crippen LogP contribution < -0.4 is 5.32 Å². The van der Waals surface area contributed by atoms with E-state index in [0.29, 0.717) is 12.0 Å². The fraction of sp³-hybridized carbons (Fsp3) is 0.688. The largest absolute Gasteiger partial charge is 0.311 e. The summed E-state index contributed by atoms with van der Waals surface area (Å²) in [5.74, 6) is 1.26. The molecule has 0 aliphatic heterocycles. The summed E-state index contributed by atoms with van der Waals surface area (Å²) in [5, 5.41) is 3.32. The molecule has 0 saturated heterocycles. The summed E-state index contributed by atoms with van der Waals surface area (Å²) < 4.78 is 13.0. The Balaban J connectivity index is 2.70. The number of hydrogen-bond acceptors (Lipinski definition) is 4. The summed E-state index contributed by atoms with van der Waals surface area (Å²) in [7, 11) is 4.12. The normalized spacial score (nSPS) is 16.0. The quantitative estimate of drug-likeness (QED) is 0.758. The number of nitrogens with one attached hydrogen (secondary N) is 1. The first-order chi connectivity index (χ1) is 10.0. The van der Waals surface area contributed by atoms with Gasteiger partial charge in [0.15, 0.2) is 0 Å². The van der Waals surface area contributed by atoms with Crippen LogP contribution in [-0.4, -0.2) is 48.6 Å². The Morgan fingerprint density at radius 2 is 2.14 bits per heavy atom. The molecular weight excluding hydrogens is 285 g/mol. The maximum atomic E-state index is 13.0. The Morgan fingerprint density at radius 1 is 1.43 bits per heavy atom. The first-order valence-electron chi connectivity index (χ1n) is 7.51. The number of halogens is 1. The second-order valence-corrected chi connectivity index (χ2v) is 6.51. The zero-order valence-corrected chi connectivity index (χ0v) is 14.6.